The van der Waals surface area contributed by atoms with Crippen LogP contribution in [-0.4, -0.2) is 29.2 Å². The van der Waals surface area contributed by atoms with Gasteiger partial charge < -0.3 is 10.1 Å². The zero-order valence-electron chi connectivity index (χ0n) is 9.56. The summed E-state index contributed by atoms with van der Waals surface area (Å²) in [4.78, 5) is 8.05. The van der Waals surface area contributed by atoms with E-state index in [-0.39, 0.29) is 0 Å². The number of nitrogens with zero attached hydrogens (tertiary/aromatic N) is 2. The fraction of sp³-hybridized carbons (Fsp3) is 0.667. The zero-order chi connectivity index (χ0) is 11.1. The van der Waals surface area contributed by atoms with Gasteiger partial charge in [-0.1, -0.05) is 0 Å². The monoisotopic (exact) mass is 221 g/mol. The quantitative estimate of drug-likeness (QED) is 0.766. The molecule has 1 aliphatic heterocycles. The van der Waals surface area contributed by atoms with E-state index in [2.05, 4.69) is 15.3 Å². The molecule has 1 saturated heterocycles. The van der Waals surface area contributed by atoms with Crippen molar-refractivity contribution >= 4 is 0 Å². The molecule has 2 heterocycles. The van der Waals surface area contributed by atoms with E-state index in [0.717, 1.165) is 31.8 Å². The molecule has 1 aromatic rings. The van der Waals surface area contributed by atoms with Crippen molar-refractivity contribution in [3.8, 4) is 0 Å². The second kappa shape index (κ2) is 6.55. The molecule has 4 nitrogen and oxygen atoms in total. The molecule has 0 amide bonds. The van der Waals surface area contributed by atoms with E-state index in [1.165, 1.54) is 19.3 Å². The molecular formula is C12H19N3O. The zero-order valence-corrected chi connectivity index (χ0v) is 9.56. The van der Waals surface area contributed by atoms with E-state index >= 15 is 0 Å². The predicted octanol–water partition coefficient (Wildman–Crippen LogP) is 1.53. The van der Waals surface area contributed by atoms with Gasteiger partial charge in [0.05, 0.1) is 11.8 Å². The van der Waals surface area contributed by atoms with Gasteiger partial charge in [0, 0.05) is 19.3 Å². The largest absolute Gasteiger partial charge is 0.378 e. The van der Waals surface area contributed by atoms with E-state index in [1.54, 1.807) is 12.5 Å². The van der Waals surface area contributed by atoms with Crippen molar-refractivity contribution < 1.29 is 4.74 Å². The van der Waals surface area contributed by atoms with Gasteiger partial charge >= 0.3 is 0 Å². The SMILES string of the molecule is c1cc(CNCCC2CCCCO2)ncn1. The molecule has 4 heteroatoms. The summed E-state index contributed by atoms with van der Waals surface area (Å²) in [5.41, 5.74) is 1.04. The van der Waals surface area contributed by atoms with Crippen LogP contribution in [0.5, 0.6) is 0 Å². The van der Waals surface area contributed by atoms with Crippen molar-refractivity contribution in [3.63, 3.8) is 0 Å². The smallest absolute Gasteiger partial charge is 0.115 e. The number of hydrogen-bond acceptors (Lipinski definition) is 4. The minimum atomic E-state index is 0.464. The Kier molecular flexibility index (Phi) is 4.70. The first-order valence-electron chi connectivity index (χ1n) is 6.02. The average molecular weight is 221 g/mol. The Labute approximate surface area is 96.4 Å². The summed E-state index contributed by atoms with van der Waals surface area (Å²) in [5.74, 6) is 0. The van der Waals surface area contributed by atoms with Crippen molar-refractivity contribution in [2.24, 2.45) is 0 Å². The normalized spacial score (nSPS) is 20.9. The Hall–Kier alpha value is -1.00. The van der Waals surface area contributed by atoms with Crippen molar-refractivity contribution in [2.45, 2.75) is 38.3 Å². The van der Waals surface area contributed by atoms with Gasteiger partial charge in [0.1, 0.15) is 6.33 Å². The Morgan fingerprint density at radius 1 is 1.44 bits per heavy atom. The maximum atomic E-state index is 5.66. The molecule has 2 rings (SSSR count). The summed E-state index contributed by atoms with van der Waals surface area (Å²) >= 11 is 0. The van der Waals surface area contributed by atoms with Gasteiger partial charge in [-0.2, -0.15) is 0 Å². The first kappa shape index (κ1) is 11.5. The summed E-state index contributed by atoms with van der Waals surface area (Å²) in [6, 6.07) is 1.93. The van der Waals surface area contributed by atoms with Crippen LogP contribution in [-0.2, 0) is 11.3 Å². The first-order chi connectivity index (χ1) is 7.95. The van der Waals surface area contributed by atoms with Crippen molar-refractivity contribution in [2.75, 3.05) is 13.2 Å². The third-order valence-corrected chi connectivity index (χ3v) is 2.87. The molecule has 0 aromatic carbocycles. The third kappa shape index (κ3) is 3.87. The molecule has 1 aliphatic rings. The summed E-state index contributed by atoms with van der Waals surface area (Å²) < 4.78 is 5.66. The molecule has 88 valence electrons. The van der Waals surface area contributed by atoms with E-state index in [0.29, 0.717) is 6.10 Å². The van der Waals surface area contributed by atoms with Crippen molar-refractivity contribution in [3.05, 3.63) is 24.3 Å². The summed E-state index contributed by atoms with van der Waals surface area (Å²) in [6.07, 6.45) is 8.68. The maximum Gasteiger partial charge on any atom is 0.115 e. The highest BCUT2D eigenvalue weighted by Gasteiger charge is 2.12. The van der Waals surface area contributed by atoms with Crippen LogP contribution in [0.15, 0.2) is 18.6 Å². The molecule has 0 bridgehead atoms. The van der Waals surface area contributed by atoms with Gasteiger partial charge in [0.25, 0.3) is 0 Å². The molecule has 1 atom stereocenters. The summed E-state index contributed by atoms with van der Waals surface area (Å²) in [6.45, 7) is 2.75. The lowest BCUT2D eigenvalue weighted by Gasteiger charge is -2.22. The lowest BCUT2D eigenvalue weighted by atomic mass is 10.1. The van der Waals surface area contributed by atoms with E-state index in [4.69, 9.17) is 4.74 Å². The van der Waals surface area contributed by atoms with Crippen LogP contribution in [0, 0.1) is 0 Å². The lowest BCUT2D eigenvalue weighted by molar-refractivity contribution is 0.0115. The number of hydrogen-bond donors (Lipinski definition) is 1. The topological polar surface area (TPSA) is 47.0 Å². The third-order valence-electron chi connectivity index (χ3n) is 2.87. The predicted molar refractivity (Wildman–Crippen MR) is 61.9 cm³/mol. The van der Waals surface area contributed by atoms with Crippen LogP contribution in [0.2, 0.25) is 0 Å². The number of rotatable bonds is 5. The van der Waals surface area contributed by atoms with Gasteiger partial charge in [-0.15, -0.1) is 0 Å². The van der Waals surface area contributed by atoms with Crippen LogP contribution in [0.25, 0.3) is 0 Å². The Bertz CT molecular complexity index is 286. The molecule has 0 spiro atoms. The van der Waals surface area contributed by atoms with Crippen molar-refractivity contribution in [1.82, 2.24) is 15.3 Å². The van der Waals surface area contributed by atoms with E-state index in [1.807, 2.05) is 6.07 Å². The van der Waals surface area contributed by atoms with Crippen LogP contribution in [0.3, 0.4) is 0 Å². The highest BCUT2D eigenvalue weighted by atomic mass is 16.5. The molecule has 1 N–H and O–H groups in total. The fourth-order valence-corrected chi connectivity index (χ4v) is 1.94. The fourth-order valence-electron chi connectivity index (χ4n) is 1.94. The van der Waals surface area contributed by atoms with Gasteiger partial charge in [-0.25, -0.2) is 9.97 Å². The molecule has 1 fully saturated rings. The molecule has 0 aliphatic carbocycles. The number of aromatic nitrogens is 2. The molecule has 0 saturated carbocycles. The second-order valence-corrected chi connectivity index (χ2v) is 4.15. The number of ether oxygens (including phenoxy) is 1. The minimum absolute atomic E-state index is 0.464. The Morgan fingerprint density at radius 3 is 3.19 bits per heavy atom. The van der Waals surface area contributed by atoms with Crippen LogP contribution < -0.4 is 5.32 Å². The summed E-state index contributed by atoms with van der Waals surface area (Å²) in [7, 11) is 0. The van der Waals surface area contributed by atoms with Crippen LogP contribution >= 0.6 is 0 Å². The molecule has 1 unspecified atom stereocenters. The van der Waals surface area contributed by atoms with Gasteiger partial charge in [0.15, 0.2) is 0 Å². The first-order valence-corrected chi connectivity index (χ1v) is 6.02. The van der Waals surface area contributed by atoms with E-state index in [9.17, 15) is 0 Å². The minimum Gasteiger partial charge on any atom is -0.378 e. The summed E-state index contributed by atoms with van der Waals surface area (Å²) in [5, 5.41) is 3.38. The standard InChI is InChI=1S/C12H19N3O/c1-2-8-16-12(3-1)5-7-13-9-11-4-6-14-10-15-11/h4,6,10,12-13H,1-3,5,7-9H2. The molecule has 1 aromatic heterocycles. The lowest BCUT2D eigenvalue weighted by Crippen LogP contribution is -2.25. The average Bonchev–Trinajstić information content (AvgIpc) is 2.37. The molecular weight excluding hydrogens is 202 g/mol. The number of nitrogens with one attached hydrogen (secondary N) is 1. The second-order valence-electron chi connectivity index (χ2n) is 4.15. The maximum absolute atomic E-state index is 5.66. The van der Waals surface area contributed by atoms with Gasteiger partial charge in [-0.05, 0) is 38.3 Å². The Balaban J connectivity index is 1.58. The van der Waals surface area contributed by atoms with Gasteiger partial charge in [-0.3, -0.25) is 0 Å². The highest BCUT2D eigenvalue weighted by molar-refractivity contribution is 4.96. The van der Waals surface area contributed by atoms with Gasteiger partial charge in [0.2, 0.25) is 0 Å². The van der Waals surface area contributed by atoms with Crippen LogP contribution in [0.4, 0.5) is 0 Å². The Morgan fingerprint density at radius 2 is 2.44 bits per heavy atom. The van der Waals surface area contributed by atoms with Crippen molar-refractivity contribution in [1.29, 1.82) is 0 Å². The molecule has 16 heavy (non-hydrogen) atoms. The molecule has 0 radical (unpaired) electrons. The van der Waals surface area contributed by atoms with Crippen LogP contribution in [0.1, 0.15) is 31.4 Å². The highest BCUT2D eigenvalue weighted by Crippen LogP contribution is 2.14. The van der Waals surface area contributed by atoms with E-state index < -0.39 is 0 Å².